The van der Waals surface area contributed by atoms with E-state index in [9.17, 15) is 4.79 Å². The molecule has 0 amide bonds. The molecule has 0 N–H and O–H groups in total. The zero-order valence-corrected chi connectivity index (χ0v) is 25.2. The number of furan rings is 1. The average Bonchev–Trinajstić information content (AvgIpc) is 3.42. The van der Waals surface area contributed by atoms with Gasteiger partial charge in [-0.2, -0.15) is 0 Å². The van der Waals surface area contributed by atoms with Crippen LogP contribution >= 0.6 is 0 Å². The molecule has 1 atom stereocenters. The molecule has 0 aliphatic rings. The zero-order chi connectivity index (χ0) is 29.7. The number of carbonyl (C=O) groups is 1. The van der Waals surface area contributed by atoms with Gasteiger partial charge >= 0.3 is 5.97 Å². The Labute approximate surface area is 249 Å². The fourth-order valence-electron chi connectivity index (χ4n) is 5.16. The molecular formula is C37H42O5. The van der Waals surface area contributed by atoms with Gasteiger partial charge < -0.3 is 18.6 Å². The van der Waals surface area contributed by atoms with Gasteiger partial charge in [-0.25, -0.2) is 0 Å². The number of fused-ring (bicyclic) bond motifs is 1. The molecule has 1 unspecified atom stereocenters. The van der Waals surface area contributed by atoms with Crippen LogP contribution in [0.15, 0.2) is 89.6 Å². The van der Waals surface area contributed by atoms with Gasteiger partial charge in [-0.3, -0.25) is 4.79 Å². The van der Waals surface area contributed by atoms with Crippen molar-refractivity contribution in [3.63, 3.8) is 0 Å². The molecule has 3 aromatic carbocycles. The molecule has 42 heavy (non-hydrogen) atoms. The SMILES string of the molecule is CCCC(C(=O)OC)c1coc2c(COCC=Cc3ccccc3)c(OCC=Cc3ccccc3)c(CC(C)C)cc12. The normalized spacial score (nSPS) is 12.5. The van der Waals surface area contributed by atoms with E-state index >= 15 is 0 Å². The first kappa shape index (κ1) is 30.9. The van der Waals surface area contributed by atoms with Crippen LogP contribution in [0.25, 0.3) is 23.1 Å². The van der Waals surface area contributed by atoms with Gasteiger partial charge in [0.1, 0.15) is 17.9 Å². The molecule has 4 aromatic rings. The maximum Gasteiger partial charge on any atom is 0.313 e. The number of hydrogen-bond acceptors (Lipinski definition) is 5. The molecule has 0 bridgehead atoms. The fourth-order valence-corrected chi connectivity index (χ4v) is 5.16. The van der Waals surface area contributed by atoms with Crippen LogP contribution < -0.4 is 4.74 Å². The Morgan fingerprint density at radius 1 is 0.929 bits per heavy atom. The van der Waals surface area contributed by atoms with Gasteiger partial charge in [0.05, 0.1) is 38.1 Å². The molecule has 220 valence electrons. The average molecular weight is 567 g/mol. The van der Waals surface area contributed by atoms with E-state index < -0.39 is 5.92 Å². The highest BCUT2D eigenvalue weighted by atomic mass is 16.5. The minimum Gasteiger partial charge on any atom is -0.489 e. The molecule has 0 aliphatic carbocycles. The highest BCUT2D eigenvalue weighted by Crippen LogP contribution is 2.40. The standard InChI is InChI=1S/C37H42O5/c1-5-14-31(37(38)39-4)33-26-42-36-32(33)24-30(23-27(2)3)35(41-22-13-20-29-17-10-7-11-18-29)34(36)25-40-21-12-19-28-15-8-6-9-16-28/h6-13,15-20,24,26-27,31H,5,14,21-23,25H2,1-4H3. The minimum absolute atomic E-state index is 0.250. The van der Waals surface area contributed by atoms with Crippen LogP contribution in [0.4, 0.5) is 0 Å². The topological polar surface area (TPSA) is 57.9 Å². The van der Waals surface area contributed by atoms with Crippen molar-refractivity contribution in [2.45, 2.75) is 52.6 Å². The molecule has 5 heteroatoms. The lowest BCUT2D eigenvalue weighted by Gasteiger charge is -2.18. The van der Waals surface area contributed by atoms with E-state index in [2.05, 4.69) is 57.2 Å². The summed E-state index contributed by atoms with van der Waals surface area (Å²) in [5.74, 6) is 0.540. The van der Waals surface area contributed by atoms with Crippen molar-refractivity contribution in [3.05, 3.63) is 113 Å². The molecule has 0 saturated heterocycles. The third-order valence-corrected chi connectivity index (χ3v) is 7.09. The molecule has 4 rings (SSSR count). The van der Waals surface area contributed by atoms with Crippen LogP contribution in [0.5, 0.6) is 5.75 Å². The number of benzene rings is 3. The second-order valence-electron chi connectivity index (χ2n) is 10.8. The predicted molar refractivity (Wildman–Crippen MR) is 171 cm³/mol. The van der Waals surface area contributed by atoms with Gasteiger partial charge in [-0.1, -0.05) is 106 Å². The second kappa shape index (κ2) is 15.8. The molecule has 1 aromatic heterocycles. The van der Waals surface area contributed by atoms with Gasteiger partial charge in [0.2, 0.25) is 0 Å². The third-order valence-electron chi connectivity index (χ3n) is 7.09. The van der Waals surface area contributed by atoms with Gasteiger partial charge in [0.25, 0.3) is 0 Å². The maximum absolute atomic E-state index is 12.8. The molecule has 0 radical (unpaired) electrons. The lowest BCUT2D eigenvalue weighted by Crippen LogP contribution is -2.14. The van der Waals surface area contributed by atoms with Crippen molar-refractivity contribution in [1.29, 1.82) is 0 Å². The van der Waals surface area contributed by atoms with Crippen molar-refractivity contribution in [2.75, 3.05) is 20.3 Å². The molecule has 0 fully saturated rings. The summed E-state index contributed by atoms with van der Waals surface area (Å²) in [6.45, 7) is 7.60. The molecule has 5 nitrogen and oxygen atoms in total. The van der Waals surface area contributed by atoms with E-state index in [1.807, 2.05) is 54.6 Å². The fraction of sp³-hybridized carbons (Fsp3) is 0.324. The largest absolute Gasteiger partial charge is 0.489 e. The summed E-state index contributed by atoms with van der Waals surface area (Å²) in [6.07, 6.45) is 12.2. The Hall–Kier alpha value is -4.09. The van der Waals surface area contributed by atoms with Crippen LogP contribution in [-0.4, -0.2) is 26.3 Å². The Balaban J connectivity index is 1.69. The predicted octanol–water partition coefficient (Wildman–Crippen LogP) is 9.01. The van der Waals surface area contributed by atoms with Crippen molar-refractivity contribution >= 4 is 29.1 Å². The van der Waals surface area contributed by atoms with E-state index in [-0.39, 0.29) is 5.97 Å². The summed E-state index contributed by atoms with van der Waals surface area (Å²) in [5.41, 5.74) is 5.72. The number of hydrogen-bond donors (Lipinski definition) is 0. The van der Waals surface area contributed by atoms with Gasteiger partial charge in [0, 0.05) is 10.9 Å². The molecule has 0 aliphatic heterocycles. The summed E-state index contributed by atoms with van der Waals surface area (Å²) in [7, 11) is 1.44. The summed E-state index contributed by atoms with van der Waals surface area (Å²) in [6, 6.07) is 22.5. The molecule has 0 saturated carbocycles. The monoisotopic (exact) mass is 566 g/mol. The van der Waals surface area contributed by atoms with Crippen LogP contribution in [-0.2, 0) is 27.3 Å². The maximum atomic E-state index is 12.8. The van der Waals surface area contributed by atoms with Gasteiger partial charge in [-0.15, -0.1) is 0 Å². The zero-order valence-electron chi connectivity index (χ0n) is 25.2. The van der Waals surface area contributed by atoms with Crippen molar-refractivity contribution < 1.29 is 23.4 Å². The number of rotatable bonds is 15. The Kier molecular flexibility index (Phi) is 11.6. The van der Waals surface area contributed by atoms with Gasteiger partial charge in [-0.05, 0) is 47.6 Å². The van der Waals surface area contributed by atoms with Crippen molar-refractivity contribution in [2.24, 2.45) is 5.92 Å². The van der Waals surface area contributed by atoms with Crippen LogP contribution in [0.3, 0.4) is 0 Å². The molecule has 1 heterocycles. The second-order valence-corrected chi connectivity index (χ2v) is 10.8. The number of methoxy groups -OCH3 is 1. The van der Waals surface area contributed by atoms with E-state index in [4.69, 9.17) is 18.6 Å². The van der Waals surface area contributed by atoms with Crippen molar-refractivity contribution in [3.8, 4) is 5.75 Å². The summed E-state index contributed by atoms with van der Waals surface area (Å²) < 4.78 is 24.0. The Bertz CT molecular complexity index is 1460. The molecular weight excluding hydrogens is 524 g/mol. The number of ether oxygens (including phenoxy) is 3. The van der Waals surface area contributed by atoms with E-state index in [0.717, 1.165) is 51.8 Å². The summed E-state index contributed by atoms with van der Waals surface area (Å²) >= 11 is 0. The highest BCUT2D eigenvalue weighted by molar-refractivity contribution is 5.92. The smallest absolute Gasteiger partial charge is 0.313 e. The van der Waals surface area contributed by atoms with E-state index in [1.165, 1.54) is 7.11 Å². The lowest BCUT2D eigenvalue weighted by molar-refractivity contribution is -0.142. The minimum atomic E-state index is -0.392. The summed E-state index contributed by atoms with van der Waals surface area (Å²) in [4.78, 5) is 12.8. The first-order valence-corrected chi connectivity index (χ1v) is 14.8. The first-order valence-electron chi connectivity index (χ1n) is 14.8. The quantitative estimate of drug-likeness (QED) is 0.106. The van der Waals surface area contributed by atoms with Crippen LogP contribution in [0.1, 0.15) is 67.3 Å². The van der Waals surface area contributed by atoms with Crippen LogP contribution in [0.2, 0.25) is 0 Å². The van der Waals surface area contributed by atoms with E-state index in [1.54, 1.807) is 6.26 Å². The van der Waals surface area contributed by atoms with E-state index in [0.29, 0.717) is 37.7 Å². The number of esters is 1. The Morgan fingerprint density at radius 3 is 2.17 bits per heavy atom. The molecule has 0 spiro atoms. The number of carbonyl (C=O) groups excluding carboxylic acids is 1. The van der Waals surface area contributed by atoms with Gasteiger partial charge in [0.15, 0.2) is 0 Å². The highest BCUT2D eigenvalue weighted by Gasteiger charge is 2.28. The summed E-state index contributed by atoms with van der Waals surface area (Å²) in [5, 5.41) is 0.917. The third kappa shape index (κ3) is 8.23. The Morgan fingerprint density at radius 2 is 1.57 bits per heavy atom. The van der Waals surface area contributed by atoms with Crippen LogP contribution in [0, 0.1) is 5.92 Å². The lowest BCUT2D eigenvalue weighted by atomic mass is 9.91. The van der Waals surface area contributed by atoms with Crippen molar-refractivity contribution in [1.82, 2.24) is 0 Å². The first-order chi connectivity index (χ1) is 20.5.